The van der Waals surface area contributed by atoms with Crippen molar-refractivity contribution in [2.75, 3.05) is 14.1 Å². The molecule has 2 atom stereocenters. The molecular formula is C22H31N5O2. The van der Waals surface area contributed by atoms with Crippen molar-refractivity contribution in [3.8, 4) is 11.4 Å². The van der Waals surface area contributed by atoms with E-state index < -0.39 is 11.5 Å². The topological polar surface area (TPSA) is 79.3 Å². The van der Waals surface area contributed by atoms with Gasteiger partial charge in [0.25, 0.3) is 5.91 Å². The van der Waals surface area contributed by atoms with Crippen LogP contribution in [-0.2, 0) is 17.9 Å². The highest BCUT2D eigenvalue weighted by atomic mass is 16.2. The summed E-state index contributed by atoms with van der Waals surface area (Å²) in [5.74, 6) is 0.258. The molecule has 29 heavy (non-hydrogen) atoms. The molecule has 1 aliphatic heterocycles. The maximum absolute atomic E-state index is 13.2. The first kappa shape index (κ1) is 21.0. The number of carbonyl (C=O) groups is 2. The number of nitrogens with zero attached hydrogens (tertiary/aromatic N) is 3. The molecule has 0 spiro atoms. The fourth-order valence-corrected chi connectivity index (χ4v) is 3.65. The Morgan fingerprint density at radius 1 is 1.21 bits per heavy atom. The molecule has 0 radical (unpaired) electrons. The third-order valence-corrected chi connectivity index (χ3v) is 5.57. The van der Waals surface area contributed by atoms with Crippen molar-refractivity contribution in [2.24, 2.45) is 5.41 Å². The van der Waals surface area contributed by atoms with Gasteiger partial charge in [-0.05, 0) is 19.4 Å². The number of benzene rings is 1. The van der Waals surface area contributed by atoms with Gasteiger partial charge in [-0.25, -0.2) is 4.98 Å². The molecule has 7 nitrogen and oxygen atoms in total. The monoisotopic (exact) mass is 397 g/mol. The molecule has 1 unspecified atom stereocenters. The summed E-state index contributed by atoms with van der Waals surface area (Å²) in [5, 5.41) is 5.57. The van der Waals surface area contributed by atoms with Crippen LogP contribution in [0.3, 0.4) is 0 Å². The van der Waals surface area contributed by atoms with Gasteiger partial charge < -0.3 is 15.2 Å². The first-order valence-electron chi connectivity index (χ1n) is 10.0. The van der Waals surface area contributed by atoms with Crippen LogP contribution in [0.2, 0.25) is 0 Å². The Bertz CT molecular complexity index is 898. The first-order valence-corrected chi connectivity index (χ1v) is 10.0. The average Bonchev–Trinajstić information content (AvgIpc) is 3.04. The number of nitrogens with one attached hydrogen (secondary N) is 2. The summed E-state index contributed by atoms with van der Waals surface area (Å²) in [4.78, 5) is 32.6. The molecule has 2 N–H and O–H groups in total. The number of amides is 2. The van der Waals surface area contributed by atoms with Gasteiger partial charge in [0.15, 0.2) is 5.69 Å². The van der Waals surface area contributed by atoms with E-state index in [4.69, 9.17) is 4.98 Å². The Balaban J connectivity index is 2.03. The third-order valence-electron chi connectivity index (χ3n) is 5.57. The van der Waals surface area contributed by atoms with Gasteiger partial charge >= 0.3 is 0 Å². The summed E-state index contributed by atoms with van der Waals surface area (Å²) in [5.41, 5.74) is 1.82. The van der Waals surface area contributed by atoms with Crippen LogP contribution in [0.5, 0.6) is 0 Å². The Morgan fingerprint density at radius 3 is 2.45 bits per heavy atom. The molecule has 0 fully saturated rings. The summed E-state index contributed by atoms with van der Waals surface area (Å²) in [6.45, 7) is 9.35. The van der Waals surface area contributed by atoms with Gasteiger partial charge in [-0.2, -0.15) is 0 Å². The Morgan fingerprint density at radius 2 is 1.86 bits per heavy atom. The SMILES string of the molecule is CNC(=O)[C@@H](NC(=O)c1nc(-c2ccccc2)n2c1CN(C)C(C)C2)C(C)(C)C. The second kappa shape index (κ2) is 7.99. The van der Waals surface area contributed by atoms with Gasteiger partial charge in [-0.1, -0.05) is 51.1 Å². The third kappa shape index (κ3) is 4.19. The van der Waals surface area contributed by atoms with E-state index >= 15 is 0 Å². The van der Waals surface area contributed by atoms with Crippen molar-refractivity contribution in [1.82, 2.24) is 25.1 Å². The molecule has 2 aromatic rings. The van der Waals surface area contributed by atoms with E-state index in [9.17, 15) is 9.59 Å². The minimum absolute atomic E-state index is 0.215. The lowest BCUT2D eigenvalue weighted by Gasteiger charge is -2.32. The number of hydrogen-bond donors (Lipinski definition) is 2. The molecule has 0 bridgehead atoms. The lowest BCUT2D eigenvalue weighted by atomic mass is 9.86. The van der Waals surface area contributed by atoms with Crippen molar-refractivity contribution in [3.63, 3.8) is 0 Å². The van der Waals surface area contributed by atoms with Gasteiger partial charge in [0.2, 0.25) is 5.91 Å². The number of imidazole rings is 1. The van der Waals surface area contributed by atoms with E-state index in [0.717, 1.165) is 23.6 Å². The molecule has 2 heterocycles. The second-order valence-electron chi connectivity index (χ2n) is 8.86. The van der Waals surface area contributed by atoms with E-state index in [-0.39, 0.29) is 11.8 Å². The summed E-state index contributed by atoms with van der Waals surface area (Å²) < 4.78 is 2.14. The predicted octanol–water partition coefficient (Wildman–Crippen LogP) is 2.27. The largest absolute Gasteiger partial charge is 0.357 e. The van der Waals surface area contributed by atoms with E-state index in [0.29, 0.717) is 18.3 Å². The Kier molecular flexibility index (Phi) is 5.80. The van der Waals surface area contributed by atoms with Crippen LogP contribution in [0, 0.1) is 5.41 Å². The standard InChI is InChI=1S/C22H31N5O2/c1-14-12-27-16(13-26(14)6)17(24-19(27)15-10-8-7-9-11-15)20(28)25-18(21(29)23-5)22(2,3)4/h7-11,14,18H,12-13H2,1-6H3,(H,23,29)(H,25,28)/t14?,18-/m1/s1. The zero-order chi connectivity index (χ0) is 21.3. The summed E-state index contributed by atoms with van der Waals surface area (Å²) in [6.07, 6.45) is 0. The maximum atomic E-state index is 13.2. The van der Waals surface area contributed by atoms with Gasteiger partial charge in [0.05, 0.1) is 5.69 Å². The molecule has 156 valence electrons. The first-order chi connectivity index (χ1) is 13.6. The fraction of sp³-hybridized carbons (Fsp3) is 0.500. The summed E-state index contributed by atoms with van der Waals surface area (Å²) >= 11 is 0. The molecule has 0 aliphatic carbocycles. The van der Waals surface area contributed by atoms with E-state index in [1.165, 1.54) is 0 Å². The van der Waals surface area contributed by atoms with Gasteiger partial charge in [-0.15, -0.1) is 0 Å². The van der Waals surface area contributed by atoms with Crippen LogP contribution >= 0.6 is 0 Å². The van der Waals surface area contributed by atoms with Crippen molar-refractivity contribution >= 4 is 11.8 Å². The number of likely N-dealkylation sites (N-methyl/N-ethyl adjacent to an activating group) is 2. The van der Waals surface area contributed by atoms with Crippen molar-refractivity contribution in [1.29, 1.82) is 0 Å². The molecule has 1 aromatic carbocycles. The minimum atomic E-state index is -0.655. The van der Waals surface area contributed by atoms with Crippen LogP contribution in [0.1, 0.15) is 43.9 Å². The van der Waals surface area contributed by atoms with Gasteiger partial charge in [-0.3, -0.25) is 14.5 Å². The molecule has 3 rings (SSSR count). The number of aromatic nitrogens is 2. The zero-order valence-electron chi connectivity index (χ0n) is 18.1. The van der Waals surface area contributed by atoms with Crippen molar-refractivity contribution < 1.29 is 9.59 Å². The molecule has 7 heteroatoms. The Hall–Kier alpha value is -2.67. The molecule has 1 aliphatic rings. The molecule has 0 saturated heterocycles. The quantitative estimate of drug-likeness (QED) is 0.830. The summed E-state index contributed by atoms with van der Waals surface area (Å²) in [7, 11) is 3.63. The molecule has 0 saturated carbocycles. The highest BCUT2D eigenvalue weighted by molar-refractivity contribution is 5.97. The van der Waals surface area contributed by atoms with Crippen molar-refractivity contribution in [2.45, 2.75) is 52.9 Å². The zero-order valence-corrected chi connectivity index (χ0v) is 18.1. The highest BCUT2D eigenvalue weighted by Gasteiger charge is 2.35. The number of fused-ring (bicyclic) bond motifs is 1. The van der Waals surface area contributed by atoms with Crippen LogP contribution in [0.15, 0.2) is 30.3 Å². The molecular weight excluding hydrogens is 366 g/mol. The van der Waals surface area contributed by atoms with Crippen LogP contribution < -0.4 is 10.6 Å². The van der Waals surface area contributed by atoms with Crippen molar-refractivity contribution in [3.05, 3.63) is 41.7 Å². The lowest BCUT2D eigenvalue weighted by Crippen LogP contribution is -2.53. The maximum Gasteiger partial charge on any atom is 0.272 e. The minimum Gasteiger partial charge on any atom is -0.357 e. The van der Waals surface area contributed by atoms with Gasteiger partial charge in [0, 0.05) is 31.7 Å². The molecule has 1 aromatic heterocycles. The van der Waals surface area contributed by atoms with E-state index in [2.05, 4.69) is 27.0 Å². The average molecular weight is 398 g/mol. The Labute approximate surface area is 172 Å². The van der Waals surface area contributed by atoms with Crippen LogP contribution in [0.4, 0.5) is 0 Å². The van der Waals surface area contributed by atoms with Crippen LogP contribution in [-0.4, -0.2) is 52.4 Å². The summed E-state index contributed by atoms with van der Waals surface area (Å²) in [6, 6.07) is 9.59. The highest BCUT2D eigenvalue weighted by Crippen LogP contribution is 2.28. The normalized spacial score (nSPS) is 18.1. The van der Waals surface area contributed by atoms with E-state index in [1.54, 1.807) is 7.05 Å². The van der Waals surface area contributed by atoms with Gasteiger partial charge in [0.1, 0.15) is 11.9 Å². The predicted molar refractivity (Wildman–Crippen MR) is 113 cm³/mol. The number of rotatable bonds is 4. The number of carbonyl (C=O) groups excluding carboxylic acids is 2. The smallest absolute Gasteiger partial charge is 0.272 e. The lowest BCUT2D eigenvalue weighted by molar-refractivity contribution is -0.124. The fourth-order valence-electron chi connectivity index (χ4n) is 3.65. The molecule has 2 amide bonds. The second-order valence-corrected chi connectivity index (χ2v) is 8.86. The van der Waals surface area contributed by atoms with E-state index in [1.807, 2.05) is 58.2 Å². The van der Waals surface area contributed by atoms with Crippen LogP contribution in [0.25, 0.3) is 11.4 Å². The number of hydrogen-bond acceptors (Lipinski definition) is 4.